The average Bonchev–Trinajstić information content (AvgIpc) is 3.27. The maximum atomic E-state index is 11.6. The van der Waals surface area contributed by atoms with Crippen molar-refractivity contribution in [2.24, 2.45) is 12.2 Å². The number of tetrazole rings is 1. The predicted octanol–water partition coefficient (Wildman–Crippen LogP) is 2.92. The number of benzene rings is 1. The molecule has 1 amide bonds. The summed E-state index contributed by atoms with van der Waals surface area (Å²) in [6.45, 7) is 5.51. The van der Waals surface area contributed by atoms with Crippen molar-refractivity contribution in [1.29, 1.82) is 0 Å². The molecule has 0 fully saturated rings. The minimum Gasteiger partial charge on any atom is -0.465 e. The van der Waals surface area contributed by atoms with E-state index in [1.807, 2.05) is 51.1 Å². The van der Waals surface area contributed by atoms with Gasteiger partial charge in [0.25, 0.3) is 0 Å². The summed E-state index contributed by atoms with van der Waals surface area (Å²) in [5, 5.41) is 27.3. The van der Waals surface area contributed by atoms with Gasteiger partial charge in [-0.25, -0.2) is 19.4 Å². The molecule has 3 aromatic rings. The van der Waals surface area contributed by atoms with Gasteiger partial charge < -0.3 is 9.94 Å². The number of rotatable bonds is 6. The fraction of sp³-hybridized carbons (Fsp3) is 0.333. The Labute approximate surface area is 171 Å². The molecule has 0 aliphatic heterocycles. The molecule has 0 spiro atoms. The molecule has 1 N–H and O–H groups in total. The molecule has 10 nitrogen and oxygen atoms in total. The third-order valence-corrected chi connectivity index (χ3v) is 4.72. The van der Waals surface area contributed by atoms with Gasteiger partial charge in [0.05, 0.1) is 5.69 Å². The SMILES string of the molecule is Cn1nnnc1C(=NOCc1csc(N(C(=O)O)C(C)(C)C)n1)c1ccccc1. The van der Waals surface area contributed by atoms with Crippen molar-refractivity contribution in [3.8, 4) is 0 Å². The summed E-state index contributed by atoms with van der Waals surface area (Å²) >= 11 is 1.24. The zero-order valence-corrected chi connectivity index (χ0v) is 17.3. The molecular weight excluding hydrogens is 394 g/mol. The summed E-state index contributed by atoms with van der Waals surface area (Å²) in [5.41, 5.74) is 1.25. The van der Waals surface area contributed by atoms with Crippen molar-refractivity contribution in [1.82, 2.24) is 25.2 Å². The monoisotopic (exact) mass is 415 g/mol. The van der Waals surface area contributed by atoms with Gasteiger partial charge in [0.1, 0.15) is 0 Å². The smallest absolute Gasteiger partial charge is 0.414 e. The zero-order chi connectivity index (χ0) is 21.0. The van der Waals surface area contributed by atoms with Crippen LogP contribution < -0.4 is 4.90 Å². The molecule has 0 radical (unpaired) electrons. The van der Waals surface area contributed by atoms with Gasteiger partial charge in [-0.15, -0.1) is 16.4 Å². The quantitative estimate of drug-likeness (QED) is 0.486. The largest absolute Gasteiger partial charge is 0.465 e. The molecule has 3 rings (SSSR count). The van der Waals surface area contributed by atoms with Crippen molar-refractivity contribution in [3.05, 3.63) is 52.8 Å². The summed E-state index contributed by atoms with van der Waals surface area (Å²) in [7, 11) is 1.72. The number of aromatic nitrogens is 5. The van der Waals surface area contributed by atoms with Crippen molar-refractivity contribution < 1.29 is 14.7 Å². The normalized spacial score (nSPS) is 12.1. The summed E-state index contributed by atoms with van der Waals surface area (Å²) in [6, 6.07) is 9.43. The molecule has 0 unspecified atom stereocenters. The summed E-state index contributed by atoms with van der Waals surface area (Å²) in [4.78, 5) is 22.7. The average molecular weight is 415 g/mol. The maximum absolute atomic E-state index is 11.6. The van der Waals surface area contributed by atoms with E-state index in [0.29, 0.717) is 22.4 Å². The number of carbonyl (C=O) groups is 1. The molecular formula is C18H21N7O3S. The Balaban J connectivity index is 1.80. The van der Waals surface area contributed by atoms with Gasteiger partial charge in [0, 0.05) is 23.5 Å². The fourth-order valence-corrected chi connectivity index (χ4v) is 3.52. The van der Waals surface area contributed by atoms with Crippen LogP contribution in [0.3, 0.4) is 0 Å². The molecule has 0 aliphatic rings. The minimum absolute atomic E-state index is 0.0791. The van der Waals surface area contributed by atoms with Crippen LogP contribution in [-0.2, 0) is 18.5 Å². The lowest BCUT2D eigenvalue weighted by Gasteiger charge is -2.30. The Morgan fingerprint density at radius 1 is 1.31 bits per heavy atom. The standard InChI is InChI=1S/C18H21N7O3S/c1-18(2,3)25(17(26)27)16-19-13(11-29-16)10-28-21-14(12-8-6-5-7-9-12)15-20-22-23-24(15)4/h5-9,11H,10H2,1-4H3,(H,26,27). The van der Waals surface area contributed by atoms with Gasteiger partial charge in [-0.05, 0) is 31.2 Å². The van der Waals surface area contributed by atoms with Crippen LogP contribution in [-0.4, -0.2) is 47.6 Å². The molecule has 0 atom stereocenters. The predicted molar refractivity (Wildman–Crippen MR) is 108 cm³/mol. The van der Waals surface area contributed by atoms with E-state index in [1.165, 1.54) is 20.9 Å². The van der Waals surface area contributed by atoms with Crippen molar-refractivity contribution in [2.45, 2.75) is 32.9 Å². The fourth-order valence-electron chi connectivity index (χ4n) is 2.53. The highest BCUT2D eigenvalue weighted by molar-refractivity contribution is 7.14. The van der Waals surface area contributed by atoms with E-state index in [1.54, 1.807) is 12.4 Å². The van der Waals surface area contributed by atoms with Crippen LogP contribution in [0, 0.1) is 0 Å². The first-order valence-corrected chi connectivity index (χ1v) is 9.61. The lowest BCUT2D eigenvalue weighted by Crippen LogP contribution is -2.45. The Morgan fingerprint density at radius 3 is 2.62 bits per heavy atom. The van der Waals surface area contributed by atoms with E-state index in [2.05, 4.69) is 25.7 Å². The zero-order valence-electron chi connectivity index (χ0n) is 16.5. The van der Waals surface area contributed by atoms with Crippen LogP contribution >= 0.6 is 11.3 Å². The van der Waals surface area contributed by atoms with Crippen molar-refractivity contribution >= 4 is 28.3 Å². The molecule has 2 heterocycles. The molecule has 29 heavy (non-hydrogen) atoms. The second-order valence-corrected chi connectivity index (χ2v) is 7.95. The van der Waals surface area contributed by atoms with E-state index in [0.717, 1.165) is 5.56 Å². The minimum atomic E-state index is -1.06. The number of oxime groups is 1. The lowest BCUT2D eigenvalue weighted by molar-refractivity contribution is 0.128. The first-order chi connectivity index (χ1) is 13.8. The highest BCUT2D eigenvalue weighted by Crippen LogP contribution is 2.28. The number of hydrogen-bond donors (Lipinski definition) is 1. The molecule has 2 aromatic heterocycles. The van der Waals surface area contributed by atoms with Crippen LogP contribution in [0.25, 0.3) is 0 Å². The number of thiazole rings is 1. The highest BCUT2D eigenvalue weighted by atomic mass is 32.1. The van der Waals surface area contributed by atoms with Gasteiger partial charge in [-0.3, -0.25) is 0 Å². The Hall–Kier alpha value is -3.34. The molecule has 11 heteroatoms. The Bertz CT molecular complexity index is 1010. The van der Waals surface area contributed by atoms with Crippen LogP contribution in [0.4, 0.5) is 9.93 Å². The van der Waals surface area contributed by atoms with Crippen LogP contribution in [0.5, 0.6) is 0 Å². The summed E-state index contributed by atoms with van der Waals surface area (Å²) in [6.07, 6.45) is -1.06. The first-order valence-electron chi connectivity index (χ1n) is 8.73. The molecule has 0 aliphatic carbocycles. The van der Waals surface area contributed by atoms with Gasteiger partial charge in [0.15, 0.2) is 17.5 Å². The summed E-state index contributed by atoms with van der Waals surface area (Å²) in [5.74, 6) is 0.458. The van der Waals surface area contributed by atoms with Gasteiger partial charge in [-0.2, -0.15) is 0 Å². The summed E-state index contributed by atoms with van der Waals surface area (Å²) < 4.78 is 1.50. The van der Waals surface area contributed by atoms with E-state index in [-0.39, 0.29) is 6.61 Å². The van der Waals surface area contributed by atoms with Crippen LogP contribution in [0.1, 0.15) is 37.9 Å². The second kappa shape index (κ2) is 8.35. The first kappa shape index (κ1) is 20.4. The van der Waals surface area contributed by atoms with Crippen molar-refractivity contribution in [2.75, 3.05) is 4.90 Å². The Morgan fingerprint density at radius 2 is 2.03 bits per heavy atom. The highest BCUT2D eigenvalue weighted by Gasteiger charge is 2.30. The van der Waals surface area contributed by atoms with Crippen LogP contribution in [0.2, 0.25) is 0 Å². The number of anilines is 1. The maximum Gasteiger partial charge on any atom is 0.414 e. The van der Waals surface area contributed by atoms with Gasteiger partial charge >= 0.3 is 6.09 Å². The third-order valence-electron chi connectivity index (χ3n) is 3.84. The molecule has 0 bridgehead atoms. The third kappa shape index (κ3) is 4.74. The topological polar surface area (TPSA) is 119 Å². The second-order valence-electron chi connectivity index (χ2n) is 7.12. The van der Waals surface area contributed by atoms with E-state index < -0.39 is 11.6 Å². The molecule has 1 aromatic carbocycles. The van der Waals surface area contributed by atoms with E-state index in [9.17, 15) is 9.90 Å². The van der Waals surface area contributed by atoms with E-state index in [4.69, 9.17) is 4.84 Å². The molecule has 152 valence electrons. The molecule has 0 saturated heterocycles. The number of aryl methyl sites for hydroxylation is 1. The van der Waals surface area contributed by atoms with Gasteiger partial charge in [-0.1, -0.05) is 35.5 Å². The number of amides is 1. The lowest BCUT2D eigenvalue weighted by atomic mass is 10.1. The van der Waals surface area contributed by atoms with E-state index >= 15 is 0 Å². The van der Waals surface area contributed by atoms with Gasteiger partial charge in [0.2, 0.25) is 5.82 Å². The van der Waals surface area contributed by atoms with Crippen molar-refractivity contribution in [3.63, 3.8) is 0 Å². The van der Waals surface area contributed by atoms with Crippen LogP contribution in [0.15, 0.2) is 40.9 Å². The number of nitrogens with zero attached hydrogens (tertiary/aromatic N) is 7. The number of hydrogen-bond acceptors (Lipinski definition) is 8. The molecule has 0 saturated carbocycles. The Kier molecular flexibility index (Phi) is 5.87. The number of carboxylic acid groups (broad SMARTS) is 1.